The molecule has 0 aromatic heterocycles. The van der Waals surface area contributed by atoms with Crippen molar-refractivity contribution in [3.05, 3.63) is 35.6 Å². The van der Waals surface area contributed by atoms with Crippen LogP contribution in [0.1, 0.15) is 32.4 Å². The number of sulfonamides is 1. The molecule has 1 rings (SSSR count). The monoisotopic (exact) mass is 303 g/mol. The minimum atomic E-state index is -3.46. The lowest BCUT2D eigenvalue weighted by Crippen LogP contribution is -2.40. The van der Waals surface area contributed by atoms with Gasteiger partial charge < -0.3 is 4.74 Å². The van der Waals surface area contributed by atoms with Gasteiger partial charge in [0, 0.05) is 19.7 Å². The predicted octanol–water partition coefficient (Wildman–Crippen LogP) is 2.57. The van der Waals surface area contributed by atoms with Gasteiger partial charge in [-0.25, -0.2) is 12.8 Å². The number of nitrogens with zero attached hydrogens (tertiary/aromatic N) is 1. The third kappa shape index (κ3) is 3.77. The van der Waals surface area contributed by atoms with E-state index in [0.717, 1.165) is 5.56 Å². The van der Waals surface area contributed by atoms with Crippen LogP contribution in [0.2, 0.25) is 0 Å². The molecule has 2 atom stereocenters. The lowest BCUT2D eigenvalue weighted by atomic mass is 10.1. The molecule has 0 aliphatic rings. The molecule has 114 valence electrons. The molecule has 1 aromatic carbocycles. The Morgan fingerprint density at radius 2 is 1.80 bits per heavy atom. The zero-order chi connectivity index (χ0) is 15.3. The molecule has 0 saturated heterocycles. The van der Waals surface area contributed by atoms with Crippen LogP contribution in [-0.2, 0) is 14.8 Å². The van der Waals surface area contributed by atoms with Gasteiger partial charge in [-0.3, -0.25) is 0 Å². The number of hydrogen-bond donors (Lipinski definition) is 0. The van der Waals surface area contributed by atoms with Gasteiger partial charge in [-0.2, -0.15) is 4.31 Å². The molecular weight excluding hydrogens is 281 g/mol. The molecule has 1 aromatic rings. The van der Waals surface area contributed by atoms with Gasteiger partial charge in [0.25, 0.3) is 0 Å². The van der Waals surface area contributed by atoms with Crippen LogP contribution in [0.25, 0.3) is 0 Å². The Hall–Kier alpha value is -0.980. The number of benzene rings is 1. The van der Waals surface area contributed by atoms with E-state index in [1.54, 1.807) is 32.9 Å². The number of hydrogen-bond acceptors (Lipinski definition) is 3. The number of rotatable bonds is 7. The molecule has 0 heterocycles. The summed E-state index contributed by atoms with van der Waals surface area (Å²) >= 11 is 0. The highest BCUT2D eigenvalue weighted by Gasteiger charge is 2.31. The summed E-state index contributed by atoms with van der Waals surface area (Å²) in [7, 11) is -1.98. The molecule has 6 heteroatoms. The van der Waals surface area contributed by atoms with Gasteiger partial charge in [0.05, 0.1) is 11.9 Å². The van der Waals surface area contributed by atoms with E-state index in [1.165, 1.54) is 23.5 Å². The van der Waals surface area contributed by atoms with Gasteiger partial charge in [0.1, 0.15) is 5.82 Å². The first-order valence-corrected chi connectivity index (χ1v) is 8.10. The minimum absolute atomic E-state index is 0.148. The Bertz CT molecular complexity index is 516. The highest BCUT2D eigenvalue weighted by molar-refractivity contribution is 7.89. The average molecular weight is 303 g/mol. The van der Waals surface area contributed by atoms with Gasteiger partial charge in [-0.15, -0.1) is 0 Å². The van der Waals surface area contributed by atoms with Crippen LogP contribution in [0.5, 0.6) is 0 Å². The summed E-state index contributed by atoms with van der Waals surface area (Å²) in [6, 6.07) is 5.55. The molecule has 0 spiro atoms. The zero-order valence-electron chi connectivity index (χ0n) is 12.3. The van der Waals surface area contributed by atoms with Crippen LogP contribution in [0, 0.1) is 5.82 Å². The Balaban J connectivity index is 3.03. The van der Waals surface area contributed by atoms with Crippen molar-refractivity contribution in [1.29, 1.82) is 0 Å². The van der Waals surface area contributed by atoms with Gasteiger partial charge in [0.2, 0.25) is 10.0 Å². The molecule has 0 bridgehead atoms. The Morgan fingerprint density at radius 1 is 1.25 bits per heavy atom. The summed E-state index contributed by atoms with van der Waals surface area (Å²) in [4.78, 5) is 0. The van der Waals surface area contributed by atoms with Crippen LogP contribution >= 0.6 is 0 Å². The molecule has 0 aliphatic heterocycles. The van der Waals surface area contributed by atoms with Gasteiger partial charge in [-0.1, -0.05) is 19.1 Å². The number of halogens is 1. The average Bonchev–Trinajstić information content (AvgIpc) is 2.40. The molecule has 0 aliphatic carbocycles. The summed E-state index contributed by atoms with van der Waals surface area (Å²) in [5.74, 6) is -0.334. The van der Waals surface area contributed by atoms with E-state index in [9.17, 15) is 12.8 Å². The second kappa shape index (κ2) is 7.15. The lowest BCUT2D eigenvalue weighted by Gasteiger charge is -2.30. The maximum atomic E-state index is 12.9. The van der Waals surface area contributed by atoms with Crippen molar-refractivity contribution in [2.75, 3.05) is 20.3 Å². The Morgan fingerprint density at radius 3 is 2.25 bits per heavy atom. The third-order valence-corrected chi connectivity index (χ3v) is 5.71. The largest absolute Gasteiger partial charge is 0.383 e. The van der Waals surface area contributed by atoms with Crippen molar-refractivity contribution in [2.24, 2.45) is 0 Å². The van der Waals surface area contributed by atoms with Crippen LogP contribution in [-0.4, -0.2) is 38.2 Å². The molecule has 20 heavy (non-hydrogen) atoms. The predicted molar refractivity (Wildman–Crippen MR) is 77.5 cm³/mol. The lowest BCUT2D eigenvalue weighted by molar-refractivity contribution is 0.197. The Kier molecular flexibility index (Phi) is 6.10. The fourth-order valence-electron chi connectivity index (χ4n) is 2.13. The maximum Gasteiger partial charge on any atom is 0.219 e. The number of ether oxygens (including phenoxy) is 1. The summed E-state index contributed by atoms with van der Waals surface area (Å²) in [6.45, 7) is 5.72. The molecule has 4 nitrogen and oxygen atoms in total. The molecule has 0 fully saturated rings. The first-order chi connectivity index (χ1) is 9.34. The van der Waals surface area contributed by atoms with Crippen molar-refractivity contribution < 1.29 is 17.5 Å². The van der Waals surface area contributed by atoms with Crippen LogP contribution in [0.15, 0.2) is 24.3 Å². The maximum absolute atomic E-state index is 12.9. The second-order valence-corrected chi connectivity index (χ2v) is 7.05. The fourth-order valence-corrected chi connectivity index (χ4v) is 3.83. The standard InChI is InChI=1S/C14H22FNO3S/c1-5-16(20(17,18)11(2)10-19-4)12(3)13-6-8-14(15)9-7-13/h6-9,11-12H,5,10H2,1-4H3/t11-,12+/m1/s1. The van der Waals surface area contributed by atoms with E-state index in [1.807, 2.05) is 0 Å². The zero-order valence-corrected chi connectivity index (χ0v) is 13.2. The van der Waals surface area contributed by atoms with E-state index in [2.05, 4.69) is 0 Å². The van der Waals surface area contributed by atoms with E-state index in [-0.39, 0.29) is 18.5 Å². The number of methoxy groups -OCH3 is 1. The van der Waals surface area contributed by atoms with E-state index in [0.29, 0.717) is 6.54 Å². The molecule has 0 radical (unpaired) electrons. The van der Waals surface area contributed by atoms with E-state index >= 15 is 0 Å². The summed E-state index contributed by atoms with van der Waals surface area (Å²) in [5.41, 5.74) is 0.765. The topological polar surface area (TPSA) is 46.6 Å². The van der Waals surface area contributed by atoms with Crippen molar-refractivity contribution in [3.8, 4) is 0 Å². The Labute approximate surface area is 120 Å². The quantitative estimate of drug-likeness (QED) is 0.778. The normalized spacial score (nSPS) is 15.3. The van der Waals surface area contributed by atoms with E-state index in [4.69, 9.17) is 4.74 Å². The van der Waals surface area contributed by atoms with Gasteiger partial charge in [-0.05, 0) is 31.5 Å². The smallest absolute Gasteiger partial charge is 0.219 e. The highest BCUT2D eigenvalue weighted by Crippen LogP contribution is 2.25. The first kappa shape index (κ1) is 17.1. The van der Waals surface area contributed by atoms with Crippen molar-refractivity contribution >= 4 is 10.0 Å². The molecular formula is C14H22FNO3S. The third-order valence-electron chi connectivity index (χ3n) is 3.33. The van der Waals surface area contributed by atoms with Crippen LogP contribution in [0.4, 0.5) is 4.39 Å². The van der Waals surface area contributed by atoms with Crippen molar-refractivity contribution in [3.63, 3.8) is 0 Å². The summed E-state index contributed by atoms with van der Waals surface area (Å²) < 4.78 is 44.3. The molecule has 0 N–H and O–H groups in total. The summed E-state index contributed by atoms with van der Waals surface area (Å²) in [6.07, 6.45) is 0. The second-order valence-electron chi connectivity index (χ2n) is 4.74. The van der Waals surface area contributed by atoms with E-state index < -0.39 is 15.3 Å². The molecule has 0 amide bonds. The fraction of sp³-hybridized carbons (Fsp3) is 0.571. The van der Waals surface area contributed by atoms with Crippen LogP contribution < -0.4 is 0 Å². The SMILES string of the molecule is CCN([C@@H](C)c1ccc(F)cc1)S(=O)(=O)[C@H](C)COC. The first-order valence-electron chi connectivity index (χ1n) is 6.59. The minimum Gasteiger partial charge on any atom is -0.383 e. The van der Waals surface area contributed by atoms with Gasteiger partial charge >= 0.3 is 0 Å². The highest BCUT2D eigenvalue weighted by atomic mass is 32.2. The van der Waals surface area contributed by atoms with Crippen LogP contribution in [0.3, 0.4) is 0 Å². The molecule has 0 unspecified atom stereocenters. The van der Waals surface area contributed by atoms with Crippen molar-refractivity contribution in [1.82, 2.24) is 4.31 Å². The van der Waals surface area contributed by atoms with Gasteiger partial charge in [0.15, 0.2) is 0 Å². The molecule has 0 saturated carbocycles. The summed E-state index contributed by atoms with van der Waals surface area (Å²) in [5, 5.41) is -0.615. The van der Waals surface area contributed by atoms with Crippen molar-refractivity contribution in [2.45, 2.75) is 32.1 Å².